The molecule has 2 rings (SSSR count). The lowest BCUT2D eigenvalue weighted by Gasteiger charge is -2.35. The minimum Gasteiger partial charge on any atom is -0.378 e. The van der Waals surface area contributed by atoms with Crippen molar-refractivity contribution in [1.29, 1.82) is 5.26 Å². The highest BCUT2D eigenvalue weighted by Crippen LogP contribution is 2.23. The van der Waals surface area contributed by atoms with Gasteiger partial charge in [-0.05, 0) is 38.0 Å². The lowest BCUT2D eigenvalue weighted by molar-refractivity contribution is -0.00930. The Balaban J connectivity index is 1.81. The lowest BCUT2D eigenvalue weighted by Crippen LogP contribution is -2.46. The Kier molecular flexibility index (Phi) is 5.34. The van der Waals surface area contributed by atoms with E-state index in [0.29, 0.717) is 24.3 Å². The summed E-state index contributed by atoms with van der Waals surface area (Å²) in [5, 5.41) is 12.1. The van der Waals surface area contributed by atoms with E-state index in [0.717, 1.165) is 19.4 Å². The first kappa shape index (κ1) is 16.0. The Hall–Kier alpha value is -1.42. The van der Waals surface area contributed by atoms with Gasteiger partial charge in [-0.1, -0.05) is 6.07 Å². The molecule has 1 N–H and O–H groups in total. The lowest BCUT2D eigenvalue weighted by atomic mass is 9.89. The molecule has 0 atom stereocenters. The van der Waals surface area contributed by atoms with Crippen molar-refractivity contribution < 1.29 is 13.2 Å². The van der Waals surface area contributed by atoms with Crippen molar-refractivity contribution in [3.05, 3.63) is 29.8 Å². The first-order valence-corrected chi connectivity index (χ1v) is 8.78. The number of nitrogens with zero attached hydrogens (tertiary/aromatic N) is 1. The van der Waals surface area contributed by atoms with Gasteiger partial charge in [0, 0.05) is 19.2 Å². The van der Waals surface area contributed by atoms with E-state index in [4.69, 9.17) is 10.00 Å². The van der Waals surface area contributed by atoms with Gasteiger partial charge in [0.25, 0.3) is 0 Å². The topological polar surface area (TPSA) is 79.2 Å². The summed E-state index contributed by atoms with van der Waals surface area (Å²) in [5.74, 6) is 0.0394. The molecular weight excluding hydrogens is 288 g/mol. The van der Waals surface area contributed by atoms with Crippen molar-refractivity contribution in [2.45, 2.75) is 36.8 Å². The number of hydrogen-bond acceptors (Lipinski definition) is 5. The fourth-order valence-electron chi connectivity index (χ4n) is 2.38. The van der Waals surface area contributed by atoms with E-state index >= 15 is 0 Å². The summed E-state index contributed by atoms with van der Waals surface area (Å²) in [6.07, 6.45) is 2.20. The zero-order chi connectivity index (χ0) is 15.3. The molecule has 0 spiro atoms. The third-order valence-electron chi connectivity index (χ3n) is 3.62. The molecule has 1 aromatic carbocycles. The molecule has 1 aliphatic rings. The molecule has 0 heterocycles. The van der Waals surface area contributed by atoms with Crippen molar-refractivity contribution >= 4 is 9.84 Å². The SMILES string of the molecule is CCOC1CC(NCCS(=O)(=O)c2cccc(C#N)c2)C1. The van der Waals surface area contributed by atoms with Crippen LogP contribution in [0.15, 0.2) is 29.2 Å². The third-order valence-corrected chi connectivity index (χ3v) is 5.34. The Labute approximate surface area is 125 Å². The van der Waals surface area contributed by atoms with Crippen LogP contribution in [0.25, 0.3) is 0 Å². The zero-order valence-electron chi connectivity index (χ0n) is 12.1. The smallest absolute Gasteiger partial charge is 0.179 e. The Morgan fingerprint density at radius 3 is 2.86 bits per heavy atom. The first-order valence-electron chi connectivity index (χ1n) is 7.13. The number of benzene rings is 1. The van der Waals surface area contributed by atoms with Gasteiger partial charge in [-0.3, -0.25) is 0 Å². The second kappa shape index (κ2) is 7.03. The monoisotopic (exact) mass is 308 g/mol. The molecule has 0 aliphatic heterocycles. The van der Waals surface area contributed by atoms with E-state index in [1.165, 1.54) is 12.1 Å². The highest BCUT2D eigenvalue weighted by Gasteiger charge is 2.29. The number of rotatable bonds is 7. The maximum atomic E-state index is 12.2. The molecule has 1 fully saturated rings. The number of hydrogen-bond donors (Lipinski definition) is 1. The van der Waals surface area contributed by atoms with Crippen LogP contribution in [-0.4, -0.2) is 39.5 Å². The van der Waals surface area contributed by atoms with E-state index in [1.807, 2.05) is 13.0 Å². The van der Waals surface area contributed by atoms with E-state index in [9.17, 15) is 8.42 Å². The normalized spacial score (nSPS) is 21.5. The summed E-state index contributed by atoms with van der Waals surface area (Å²) in [6, 6.07) is 8.45. The summed E-state index contributed by atoms with van der Waals surface area (Å²) < 4.78 is 29.8. The molecule has 0 aromatic heterocycles. The van der Waals surface area contributed by atoms with Crippen LogP contribution < -0.4 is 5.32 Å². The molecule has 114 valence electrons. The van der Waals surface area contributed by atoms with Crippen molar-refractivity contribution in [2.24, 2.45) is 0 Å². The van der Waals surface area contributed by atoms with Crippen molar-refractivity contribution in [2.75, 3.05) is 18.9 Å². The molecule has 1 saturated carbocycles. The Bertz CT molecular complexity index is 616. The average Bonchev–Trinajstić information content (AvgIpc) is 2.44. The molecule has 0 amide bonds. The minimum absolute atomic E-state index is 0.0394. The second-order valence-electron chi connectivity index (χ2n) is 5.16. The van der Waals surface area contributed by atoms with Crippen LogP contribution in [0.1, 0.15) is 25.3 Å². The number of nitriles is 1. The Morgan fingerprint density at radius 1 is 1.43 bits per heavy atom. The van der Waals surface area contributed by atoms with Gasteiger partial charge in [-0.15, -0.1) is 0 Å². The molecule has 0 unspecified atom stereocenters. The van der Waals surface area contributed by atoms with Crippen molar-refractivity contribution in [1.82, 2.24) is 5.32 Å². The molecule has 1 aliphatic carbocycles. The molecular formula is C15H20N2O3S. The minimum atomic E-state index is -3.34. The van der Waals surface area contributed by atoms with Gasteiger partial charge in [-0.2, -0.15) is 5.26 Å². The molecule has 0 saturated heterocycles. The van der Waals surface area contributed by atoms with Crippen LogP contribution in [0.2, 0.25) is 0 Å². The van der Waals surface area contributed by atoms with Crippen molar-refractivity contribution in [3.8, 4) is 6.07 Å². The second-order valence-corrected chi connectivity index (χ2v) is 7.27. The van der Waals surface area contributed by atoms with E-state index in [1.54, 1.807) is 12.1 Å². The number of sulfone groups is 1. The molecule has 0 radical (unpaired) electrons. The predicted molar refractivity (Wildman–Crippen MR) is 79.6 cm³/mol. The average molecular weight is 308 g/mol. The third kappa shape index (κ3) is 4.27. The quantitative estimate of drug-likeness (QED) is 0.825. The van der Waals surface area contributed by atoms with Crippen molar-refractivity contribution in [3.63, 3.8) is 0 Å². The van der Waals surface area contributed by atoms with E-state index < -0.39 is 9.84 Å². The van der Waals surface area contributed by atoms with Gasteiger partial charge >= 0.3 is 0 Å². The van der Waals surface area contributed by atoms with Gasteiger partial charge in [0.15, 0.2) is 9.84 Å². The summed E-state index contributed by atoms with van der Waals surface area (Å²) in [4.78, 5) is 0.212. The Morgan fingerprint density at radius 2 is 2.19 bits per heavy atom. The maximum absolute atomic E-state index is 12.2. The standard InChI is InChI=1S/C15H20N2O3S/c1-2-20-14-9-13(10-14)17-6-7-21(18,19)15-5-3-4-12(8-15)11-16/h3-5,8,13-14,17H,2,6-7,9-10H2,1H3. The van der Waals surface area contributed by atoms with Gasteiger partial charge in [0.1, 0.15) is 0 Å². The van der Waals surface area contributed by atoms with E-state index in [-0.39, 0.29) is 10.6 Å². The summed E-state index contributed by atoms with van der Waals surface area (Å²) in [6.45, 7) is 3.12. The van der Waals surface area contributed by atoms with Gasteiger partial charge < -0.3 is 10.1 Å². The first-order chi connectivity index (χ1) is 10.0. The molecule has 6 heteroatoms. The largest absolute Gasteiger partial charge is 0.378 e. The molecule has 0 bridgehead atoms. The number of nitrogens with one attached hydrogen (secondary N) is 1. The highest BCUT2D eigenvalue weighted by atomic mass is 32.2. The van der Waals surface area contributed by atoms with E-state index in [2.05, 4.69) is 5.32 Å². The molecule has 1 aromatic rings. The van der Waals surface area contributed by atoms with Crippen LogP contribution in [0.4, 0.5) is 0 Å². The van der Waals surface area contributed by atoms with Gasteiger partial charge in [0.2, 0.25) is 0 Å². The van der Waals surface area contributed by atoms with Crippen LogP contribution >= 0.6 is 0 Å². The molecule has 21 heavy (non-hydrogen) atoms. The fourth-order valence-corrected chi connectivity index (χ4v) is 3.59. The van der Waals surface area contributed by atoms with Gasteiger partial charge in [0.05, 0.1) is 28.4 Å². The highest BCUT2D eigenvalue weighted by molar-refractivity contribution is 7.91. The van der Waals surface area contributed by atoms with Crippen LogP contribution in [0, 0.1) is 11.3 Å². The zero-order valence-corrected chi connectivity index (χ0v) is 12.9. The fraction of sp³-hybridized carbons (Fsp3) is 0.533. The maximum Gasteiger partial charge on any atom is 0.179 e. The summed E-state index contributed by atoms with van der Waals surface area (Å²) in [7, 11) is -3.34. The number of ether oxygens (including phenoxy) is 1. The van der Waals surface area contributed by atoms with Crippen LogP contribution in [0.5, 0.6) is 0 Å². The van der Waals surface area contributed by atoms with Crippen LogP contribution in [-0.2, 0) is 14.6 Å². The predicted octanol–water partition coefficient (Wildman–Crippen LogP) is 1.49. The summed E-state index contributed by atoms with van der Waals surface area (Å²) >= 11 is 0. The summed E-state index contributed by atoms with van der Waals surface area (Å²) in [5.41, 5.74) is 0.364. The van der Waals surface area contributed by atoms with Gasteiger partial charge in [-0.25, -0.2) is 8.42 Å². The van der Waals surface area contributed by atoms with Crippen LogP contribution in [0.3, 0.4) is 0 Å². The molecule has 5 nitrogen and oxygen atoms in total.